The third-order valence-electron chi connectivity index (χ3n) is 3.10. The van der Waals surface area contributed by atoms with E-state index in [1.807, 2.05) is 24.3 Å². The zero-order valence-electron chi connectivity index (χ0n) is 11.8. The Balaban J connectivity index is 2.08. The summed E-state index contributed by atoms with van der Waals surface area (Å²) in [6, 6.07) is 9.36. The smallest absolute Gasteiger partial charge is 0.252 e. The van der Waals surface area contributed by atoms with Gasteiger partial charge in [-0.1, -0.05) is 32.0 Å². The molecule has 1 amide bonds. The lowest BCUT2D eigenvalue weighted by Crippen LogP contribution is -2.30. The number of nitrogens with zero attached hydrogens (tertiary/aromatic N) is 1. The Kier molecular flexibility index (Phi) is 4.96. The van der Waals surface area contributed by atoms with Gasteiger partial charge in [0.05, 0.1) is 16.5 Å². The third-order valence-corrected chi connectivity index (χ3v) is 3.44. The maximum absolute atomic E-state index is 12.3. The number of alkyl halides is 1. The van der Waals surface area contributed by atoms with Crippen LogP contribution in [0.2, 0.25) is 0 Å². The molecule has 0 aliphatic heterocycles. The number of pyridine rings is 1. The molecular formula is C16H19ClN2O. The predicted octanol–water partition coefficient (Wildman–Crippen LogP) is 3.62. The van der Waals surface area contributed by atoms with E-state index in [9.17, 15) is 4.79 Å². The molecule has 1 atom stereocenters. The van der Waals surface area contributed by atoms with Gasteiger partial charge in [0.1, 0.15) is 0 Å². The monoisotopic (exact) mass is 290 g/mol. The van der Waals surface area contributed by atoms with Crippen molar-refractivity contribution in [2.24, 2.45) is 5.92 Å². The summed E-state index contributed by atoms with van der Waals surface area (Å²) in [5.74, 6) is 0.425. The average Bonchev–Trinajstić information content (AvgIpc) is 2.43. The van der Waals surface area contributed by atoms with Crippen molar-refractivity contribution in [1.82, 2.24) is 10.3 Å². The number of hydrogen-bond donors (Lipinski definition) is 1. The first kappa shape index (κ1) is 14.8. The van der Waals surface area contributed by atoms with E-state index in [1.54, 1.807) is 12.3 Å². The largest absolute Gasteiger partial charge is 0.351 e. The summed E-state index contributed by atoms with van der Waals surface area (Å²) in [6.45, 7) is 4.72. The SMILES string of the molecule is CC(C)CC(Cl)CNC(=O)c1ccnc2ccccc12. The number of amides is 1. The van der Waals surface area contributed by atoms with E-state index in [2.05, 4.69) is 24.1 Å². The summed E-state index contributed by atoms with van der Waals surface area (Å²) in [7, 11) is 0. The molecule has 1 aromatic carbocycles. The van der Waals surface area contributed by atoms with E-state index < -0.39 is 0 Å². The lowest BCUT2D eigenvalue weighted by atomic mass is 10.1. The van der Waals surface area contributed by atoms with E-state index >= 15 is 0 Å². The van der Waals surface area contributed by atoms with Crippen molar-refractivity contribution in [1.29, 1.82) is 0 Å². The number of para-hydroxylation sites is 1. The van der Waals surface area contributed by atoms with Crippen molar-refractivity contribution in [3.8, 4) is 0 Å². The standard InChI is InChI=1S/C16H19ClN2O/c1-11(2)9-12(17)10-19-16(20)14-7-8-18-15-6-4-3-5-13(14)15/h3-8,11-12H,9-10H2,1-2H3,(H,19,20). The molecule has 0 fully saturated rings. The Morgan fingerprint density at radius 1 is 1.30 bits per heavy atom. The molecular weight excluding hydrogens is 272 g/mol. The number of halogens is 1. The number of rotatable bonds is 5. The third kappa shape index (κ3) is 3.70. The molecule has 0 spiro atoms. The Morgan fingerprint density at radius 2 is 2.05 bits per heavy atom. The minimum Gasteiger partial charge on any atom is -0.351 e. The van der Waals surface area contributed by atoms with Gasteiger partial charge in [-0.2, -0.15) is 0 Å². The van der Waals surface area contributed by atoms with E-state index in [4.69, 9.17) is 11.6 Å². The summed E-state index contributed by atoms with van der Waals surface area (Å²) in [6.07, 6.45) is 2.54. The van der Waals surface area contributed by atoms with Gasteiger partial charge in [-0.3, -0.25) is 9.78 Å². The Hall–Kier alpha value is -1.61. The van der Waals surface area contributed by atoms with Crippen LogP contribution in [0.15, 0.2) is 36.5 Å². The highest BCUT2D eigenvalue weighted by Gasteiger charge is 2.13. The number of aromatic nitrogens is 1. The van der Waals surface area contributed by atoms with Crippen molar-refractivity contribution >= 4 is 28.4 Å². The second-order valence-electron chi connectivity index (χ2n) is 5.31. The van der Waals surface area contributed by atoms with Crippen LogP contribution < -0.4 is 5.32 Å². The summed E-state index contributed by atoms with van der Waals surface area (Å²) >= 11 is 6.20. The van der Waals surface area contributed by atoms with Gasteiger partial charge in [0.15, 0.2) is 0 Å². The van der Waals surface area contributed by atoms with Gasteiger partial charge in [-0.15, -0.1) is 11.6 Å². The zero-order chi connectivity index (χ0) is 14.5. The second kappa shape index (κ2) is 6.71. The van der Waals surface area contributed by atoms with E-state index in [0.717, 1.165) is 17.3 Å². The first-order valence-electron chi connectivity index (χ1n) is 6.84. The topological polar surface area (TPSA) is 42.0 Å². The van der Waals surface area contributed by atoms with Crippen LogP contribution in [0.1, 0.15) is 30.6 Å². The molecule has 4 heteroatoms. The maximum Gasteiger partial charge on any atom is 0.252 e. The fraction of sp³-hybridized carbons (Fsp3) is 0.375. The van der Waals surface area contributed by atoms with Gasteiger partial charge in [-0.05, 0) is 24.5 Å². The fourth-order valence-corrected chi connectivity index (χ4v) is 2.62. The number of benzene rings is 1. The van der Waals surface area contributed by atoms with Crippen LogP contribution in [0.25, 0.3) is 10.9 Å². The highest BCUT2D eigenvalue weighted by atomic mass is 35.5. The normalized spacial score (nSPS) is 12.6. The summed E-state index contributed by atoms with van der Waals surface area (Å²) in [4.78, 5) is 16.5. The van der Waals surface area contributed by atoms with Crippen molar-refractivity contribution in [3.63, 3.8) is 0 Å². The predicted molar refractivity (Wildman–Crippen MR) is 83.2 cm³/mol. The minimum atomic E-state index is -0.0991. The second-order valence-corrected chi connectivity index (χ2v) is 5.93. The molecule has 0 saturated carbocycles. The van der Waals surface area contributed by atoms with E-state index in [0.29, 0.717) is 18.0 Å². The number of nitrogens with one attached hydrogen (secondary N) is 1. The van der Waals surface area contributed by atoms with Gasteiger partial charge >= 0.3 is 0 Å². The molecule has 0 bridgehead atoms. The Bertz CT molecular complexity index is 593. The highest BCUT2D eigenvalue weighted by Crippen LogP contribution is 2.16. The quantitative estimate of drug-likeness (QED) is 0.855. The average molecular weight is 291 g/mol. The molecule has 0 radical (unpaired) electrons. The van der Waals surface area contributed by atoms with E-state index in [-0.39, 0.29) is 11.3 Å². The molecule has 1 N–H and O–H groups in total. The summed E-state index contributed by atoms with van der Waals surface area (Å²) in [5, 5.41) is 3.73. The van der Waals surface area contributed by atoms with Gasteiger partial charge in [0.2, 0.25) is 0 Å². The molecule has 1 aromatic heterocycles. The van der Waals surface area contributed by atoms with Gasteiger partial charge in [0, 0.05) is 18.1 Å². The molecule has 2 aromatic rings. The Labute approximate surface area is 124 Å². The molecule has 0 aliphatic rings. The number of carbonyl (C=O) groups excluding carboxylic acids is 1. The molecule has 20 heavy (non-hydrogen) atoms. The van der Waals surface area contributed by atoms with Crippen LogP contribution in [0, 0.1) is 5.92 Å². The number of hydrogen-bond acceptors (Lipinski definition) is 2. The molecule has 0 saturated heterocycles. The maximum atomic E-state index is 12.3. The van der Waals surface area contributed by atoms with Crippen molar-refractivity contribution in [2.45, 2.75) is 25.6 Å². The van der Waals surface area contributed by atoms with Crippen LogP contribution in [0.5, 0.6) is 0 Å². The first-order valence-corrected chi connectivity index (χ1v) is 7.27. The molecule has 0 aliphatic carbocycles. The lowest BCUT2D eigenvalue weighted by Gasteiger charge is -2.13. The van der Waals surface area contributed by atoms with Crippen LogP contribution in [-0.4, -0.2) is 22.8 Å². The van der Waals surface area contributed by atoms with Crippen LogP contribution in [0.4, 0.5) is 0 Å². The Morgan fingerprint density at radius 3 is 2.80 bits per heavy atom. The van der Waals surface area contributed by atoms with Gasteiger partial charge in [-0.25, -0.2) is 0 Å². The molecule has 2 rings (SSSR count). The first-order chi connectivity index (χ1) is 9.58. The lowest BCUT2D eigenvalue weighted by molar-refractivity contribution is 0.0954. The van der Waals surface area contributed by atoms with E-state index in [1.165, 1.54) is 0 Å². The van der Waals surface area contributed by atoms with Gasteiger partial charge in [0.25, 0.3) is 5.91 Å². The van der Waals surface area contributed by atoms with Crippen molar-refractivity contribution < 1.29 is 4.79 Å². The van der Waals surface area contributed by atoms with Crippen LogP contribution >= 0.6 is 11.6 Å². The highest BCUT2D eigenvalue weighted by molar-refractivity contribution is 6.21. The number of carbonyl (C=O) groups is 1. The fourth-order valence-electron chi connectivity index (χ4n) is 2.19. The van der Waals surface area contributed by atoms with Crippen molar-refractivity contribution in [3.05, 3.63) is 42.1 Å². The summed E-state index contributed by atoms with van der Waals surface area (Å²) in [5.41, 5.74) is 1.47. The molecule has 3 nitrogen and oxygen atoms in total. The van der Waals surface area contributed by atoms with Crippen molar-refractivity contribution in [2.75, 3.05) is 6.54 Å². The molecule has 1 heterocycles. The minimum absolute atomic E-state index is 0.0351. The van der Waals surface area contributed by atoms with Crippen LogP contribution in [-0.2, 0) is 0 Å². The summed E-state index contributed by atoms with van der Waals surface area (Å²) < 4.78 is 0. The molecule has 1 unspecified atom stereocenters. The molecule has 106 valence electrons. The van der Waals surface area contributed by atoms with Gasteiger partial charge < -0.3 is 5.32 Å². The van der Waals surface area contributed by atoms with Crippen LogP contribution in [0.3, 0.4) is 0 Å². The number of fused-ring (bicyclic) bond motifs is 1. The zero-order valence-corrected chi connectivity index (χ0v) is 12.5.